The summed E-state index contributed by atoms with van der Waals surface area (Å²) in [6, 6.07) is 16.6. The van der Waals surface area contributed by atoms with Crippen LogP contribution in [0.1, 0.15) is 34.3 Å². The summed E-state index contributed by atoms with van der Waals surface area (Å²) in [5, 5.41) is 9.71. The lowest BCUT2D eigenvalue weighted by Gasteiger charge is -2.44. The quantitative estimate of drug-likeness (QED) is 0.864. The molecule has 152 valence electrons. The lowest BCUT2D eigenvalue weighted by atomic mass is 9.96. The Morgan fingerprint density at radius 2 is 1.83 bits per heavy atom. The van der Waals surface area contributed by atoms with Crippen LogP contribution in [0.25, 0.3) is 0 Å². The van der Waals surface area contributed by atoms with E-state index in [-0.39, 0.29) is 12.5 Å². The number of carbonyl (C=O) groups is 2. The van der Waals surface area contributed by atoms with E-state index in [2.05, 4.69) is 17.0 Å². The van der Waals surface area contributed by atoms with Gasteiger partial charge in [-0.15, -0.1) is 0 Å². The number of hydrogen-bond donors (Lipinski definition) is 1. The molecule has 2 saturated heterocycles. The van der Waals surface area contributed by atoms with Gasteiger partial charge in [0.05, 0.1) is 6.61 Å². The Kier molecular flexibility index (Phi) is 5.39. The van der Waals surface area contributed by atoms with E-state index < -0.39 is 17.7 Å². The third-order valence-electron chi connectivity index (χ3n) is 5.92. The van der Waals surface area contributed by atoms with Crippen molar-refractivity contribution >= 4 is 11.9 Å². The Morgan fingerprint density at radius 3 is 2.48 bits per heavy atom. The summed E-state index contributed by atoms with van der Waals surface area (Å²) >= 11 is 0. The minimum Gasteiger partial charge on any atom is -0.480 e. The lowest BCUT2D eigenvalue weighted by Crippen LogP contribution is -2.58. The molecule has 1 spiro atoms. The molecular weight excluding hydrogens is 368 g/mol. The highest BCUT2D eigenvalue weighted by Crippen LogP contribution is 2.38. The van der Waals surface area contributed by atoms with Crippen LogP contribution in [0.3, 0.4) is 0 Å². The third kappa shape index (κ3) is 3.91. The summed E-state index contributed by atoms with van der Waals surface area (Å²) in [6.07, 6.45) is 1.20. The number of hydrogen-bond acceptors (Lipinski definition) is 4. The van der Waals surface area contributed by atoms with Gasteiger partial charge in [-0.3, -0.25) is 14.6 Å². The zero-order chi connectivity index (χ0) is 20.4. The Bertz CT molecular complexity index is 891. The maximum atomic E-state index is 13.3. The van der Waals surface area contributed by atoms with Crippen LogP contribution in [-0.2, 0) is 16.1 Å². The van der Waals surface area contributed by atoms with Crippen LogP contribution in [0.15, 0.2) is 54.6 Å². The zero-order valence-electron chi connectivity index (χ0n) is 16.6. The monoisotopic (exact) mass is 394 g/mol. The summed E-state index contributed by atoms with van der Waals surface area (Å²) in [4.78, 5) is 29.0. The number of likely N-dealkylation sites (tertiary alicyclic amines) is 1. The van der Waals surface area contributed by atoms with Crippen molar-refractivity contribution in [1.29, 1.82) is 0 Å². The number of carbonyl (C=O) groups excluding carboxylic acids is 1. The fourth-order valence-electron chi connectivity index (χ4n) is 4.38. The fourth-order valence-corrected chi connectivity index (χ4v) is 4.38. The second-order valence-corrected chi connectivity index (χ2v) is 7.92. The number of ether oxygens (including phenoxy) is 1. The highest BCUT2D eigenvalue weighted by Gasteiger charge is 2.54. The van der Waals surface area contributed by atoms with Crippen LogP contribution in [0.4, 0.5) is 0 Å². The summed E-state index contributed by atoms with van der Waals surface area (Å²) < 4.78 is 6.04. The third-order valence-corrected chi connectivity index (χ3v) is 5.92. The number of benzene rings is 2. The van der Waals surface area contributed by atoms with Crippen molar-refractivity contribution in [2.45, 2.75) is 38.1 Å². The molecule has 2 aromatic carbocycles. The molecule has 0 aliphatic carbocycles. The van der Waals surface area contributed by atoms with Crippen molar-refractivity contribution in [2.75, 3.05) is 19.7 Å². The molecule has 6 heteroatoms. The first-order valence-corrected chi connectivity index (χ1v) is 10.0. The van der Waals surface area contributed by atoms with Crippen molar-refractivity contribution in [3.8, 4) is 0 Å². The van der Waals surface area contributed by atoms with E-state index in [1.807, 2.05) is 37.3 Å². The Labute approximate surface area is 170 Å². The first-order chi connectivity index (χ1) is 14.0. The van der Waals surface area contributed by atoms with Crippen molar-refractivity contribution < 1.29 is 19.4 Å². The Morgan fingerprint density at radius 1 is 1.10 bits per heavy atom. The highest BCUT2D eigenvalue weighted by molar-refractivity contribution is 5.97. The molecule has 0 aromatic heterocycles. The average molecular weight is 394 g/mol. The number of carboxylic acids is 1. The minimum atomic E-state index is -1.02. The number of piperidine rings is 1. The molecule has 29 heavy (non-hydrogen) atoms. The van der Waals surface area contributed by atoms with Crippen LogP contribution in [0, 0.1) is 6.92 Å². The summed E-state index contributed by atoms with van der Waals surface area (Å²) in [6.45, 7) is 4.29. The number of amides is 1. The molecule has 4 rings (SSSR count). The molecule has 2 aromatic rings. The van der Waals surface area contributed by atoms with Gasteiger partial charge in [-0.1, -0.05) is 48.0 Å². The minimum absolute atomic E-state index is 0.0333. The zero-order valence-corrected chi connectivity index (χ0v) is 16.6. The number of carboxylic acid groups (broad SMARTS) is 1. The van der Waals surface area contributed by atoms with E-state index in [0.717, 1.165) is 25.2 Å². The van der Waals surface area contributed by atoms with Gasteiger partial charge < -0.3 is 9.84 Å². The second kappa shape index (κ2) is 7.97. The molecule has 2 heterocycles. The normalized spacial score (nSPS) is 21.4. The van der Waals surface area contributed by atoms with E-state index in [4.69, 9.17) is 4.74 Å². The van der Waals surface area contributed by atoms with E-state index in [1.54, 1.807) is 12.1 Å². The van der Waals surface area contributed by atoms with Crippen LogP contribution in [0.2, 0.25) is 0 Å². The van der Waals surface area contributed by atoms with Gasteiger partial charge in [0.15, 0.2) is 6.04 Å². The summed E-state index contributed by atoms with van der Waals surface area (Å²) in [5.74, 6) is -1.29. The molecule has 0 radical (unpaired) electrons. The smallest absolute Gasteiger partial charge is 0.328 e. The standard InChI is InChI=1S/C23H26N2O4/c1-17-6-5-9-19(14-17)21(26)25-20(22(27)28)16-29-23(25)10-12-24(13-11-23)15-18-7-3-2-4-8-18/h2-9,14,20H,10-13,15-16H2,1H3,(H,27,28). The van der Waals surface area contributed by atoms with E-state index in [0.29, 0.717) is 18.4 Å². The fraction of sp³-hybridized carbons (Fsp3) is 0.391. The van der Waals surface area contributed by atoms with Gasteiger partial charge in [0.25, 0.3) is 5.91 Å². The molecule has 1 N–H and O–H groups in total. The SMILES string of the molecule is Cc1cccc(C(=O)N2C(C(=O)O)COC23CCN(Cc2ccccc2)CC3)c1. The molecule has 2 aliphatic heterocycles. The average Bonchev–Trinajstić information content (AvgIpc) is 3.09. The van der Waals surface area contributed by atoms with Crippen LogP contribution in [0.5, 0.6) is 0 Å². The first-order valence-electron chi connectivity index (χ1n) is 10.0. The molecule has 6 nitrogen and oxygen atoms in total. The molecule has 1 unspecified atom stereocenters. The van der Waals surface area contributed by atoms with Crippen molar-refractivity contribution in [2.24, 2.45) is 0 Å². The molecule has 2 aliphatic rings. The van der Waals surface area contributed by atoms with Crippen molar-refractivity contribution in [1.82, 2.24) is 9.80 Å². The molecule has 1 amide bonds. The van der Waals surface area contributed by atoms with Gasteiger partial charge in [0.2, 0.25) is 0 Å². The second-order valence-electron chi connectivity index (χ2n) is 7.92. The summed E-state index contributed by atoms with van der Waals surface area (Å²) in [5.41, 5.74) is 1.87. The van der Waals surface area contributed by atoms with Crippen LogP contribution >= 0.6 is 0 Å². The topological polar surface area (TPSA) is 70.1 Å². The van der Waals surface area contributed by atoms with E-state index >= 15 is 0 Å². The van der Waals surface area contributed by atoms with Crippen LogP contribution in [-0.4, -0.2) is 58.2 Å². The van der Waals surface area contributed by atoms with Crippen molar-refractivity contribution in [3.63, 3.8) is 0 Å². The maximum absolute atomic E-state index is 13.3. The number of nitrogens with zero attached hydrogens (tertiary/aromatic N) is 2. The number of aliphatic carboxylic acids is 1. The molecule has 1 atom stereocenters. The Balaban J connectivity index is 1.54. The first kappa shape index (κ1) is 19.6. The molecule has 2 fully saturated rings. The maximum Gasteiger partial charge on any atom is 0.328 e. The summed E-state index contributed by atoms with van der Waals surface area (Å²) in [7, 11) is 0. The Hall–Kier alpha value is -2.70. The predicted molar refractivity (Wildman–Crippen MR) is 108 cm³/mol. The highest BCUT2D eigenvalue weighted by atomic mass is 16.5. The number of aryl methyl sites for hydroxylation is 1. The van der Waals surface area contributed by atoms with Gasteiger partial charge in [0, 0.05) is 38.0 Å². The van der Waals surface area contributed by atoms with Gasteiger partial charge in [-0.05, 0) is 24.6 Å². The molecular formula is C23H26N2O4. The van der Waals surface area contributed by atoms with E-state index in [1.165, 1.54) is 10.5 Å². The molecule has 0 bridgehead atoms. The van der Waals surface area contributed by atoms with Gasteiger partial charge >= 0.3 is 5.97 Å². The predicted octanol–water partition coefficient (Wildman–Crippen LogP) is 2.91. The lowest BCUT2D eigenvalue weighted by molar-refractivity contribution is -0.144. The largest absolute Gasteiger partial charge is 0.480 e. The van der Waals surface area contributed by atoms with E-state index in [9.17, 15) is 14.7 Å². The number of rotatable bonds is 4. The van der Waals surface area contributed by atoms with Crippen LogP contribution < -0.4 is 0 Å². The van der Waals surface area contributed by atoms with Gasteiger partial charge in [0.1, 0.15) is 5.72 Å². The van der Waals surface area contributed by atoms with Gasteiger partial charge in [-0.2, -0.15) is 0 Å². The molecule has 0 saturated carbocycles. The van der Waals surface area contributed by atoms with Crippen molar-refractivity contribution in [3.05, 3.63) is 71.3 Å². The van der Waals surface area contributed by atoms with Gasteiger partial charge in [-0.25, -0.2) is 4.79 Å².